The summed E-state index contributed by atoms with van der Waals surface area (Å²) in [5.74, 6) is 0. The predicted molar refractivity (Wildman–Crippen MR) is 96.4 cm³/mol. The molecule has 0 unspecified atom stereocenters. The van der Waals surface area contributed by atoms with Gasteiger partial charge in [0.1, 0.15) is 0 Å². The molecule has 0 rings (SSSR count). The largest absolute Gasteiger partial charge is 0.553 e. The van der Waals surface area contributed by atoms with E-state index in [1.165, 1.54) is 83.6 Å². The molecule has 0 aliphatic rings. The fourth-order valence-corrected chi connectivity index (χ4v) is 2.43. The molecule has 0 N–H and O–H groups in total. The van der Waals surface area contributed by atoms with Gasteiger partial charge < -0.3 is 19.1 Å². The van der Waals surface area contributed by atoms with Crippen LogP contribution in [0, 0.1) is 0 Å². The highest BCUT2D eigenvalue weighted by atomic mass is 16.6. The van der Waals surface area contributed by atoms with Crippen molar-refractivity contribution in [1.82, 2.24) is 0 Å². The SMILES string of the molecule is CCCCCCCCCCCCCC[N+](C)(C)C.COC(=O)[O-]. The zero-order chi connectivity index (χ0) is 18.0. The first-order valence-corrected chi connectivity index (χ1v) is 9.39. The van der Waals surface area contributed by atoms with Gasteiger partial charge in [-0.3, -0.25) is 0 Å². The van der Waals surface area contributed by atoms with E-state index in [4.69, 9.17) is 9.90 Å². The van der Waals surface area contributed by atoms with Crippen LogP contribution in [-0.4, -0.2) is 45.4 Å². The zero-order valence-electron chi connectivity index (χ0n) is 16.4. The van der Waals surface area contributed by atoms with Crippen LogP contribution in [0.15, 0.2) is 0 Å². The van der Waals surface area contributed by atoms with Crippen molar-refractivity contribution in [2.45, 2.75) is 84.0 Å². The van der Waals surface area contributed by atoms with E-state index < -0.39 is 6.16 Å². The van der Waals surface area contributed by atoms with Gasteiger partial charge in [-0.2, -0.15) is 0 Å². The molecule has 0 heterocycles. The molecular formula is C19H41NO3. The molecule has 0 aromatic heterocycles. The van der Waals surface area contributed by atoms with Crippen LogP contribution in [0.1, 0.15) is 84.0 Å². The lowest BCUT2D eigenvalue weighted by Crippen LogP contribution is -2.35. The standard InChI is InChI=1S/C17H38N.C2H4O3/c1-5-6-7-8-9-10-11-12-13-14-15-16-17-18(2,3)4;1-5-2(3)4/h5-17H2,1-4H3;1H3,(H,3,4)/q+1;/p-1. The third-order valence-electron chi connectivity index (χ3n) is 3.85. The van der Waals surface area contributed by atoms with E-state index in [-0.39, 0.29) is 0 Å². The number of methoxy groups -OCH3 is 1. The number of nitrogens with zero attached hydrogens (tertiary/aromatic N) is 1. The summed E-state index contributed by atoms with van der Waals surface area (Å²) >= 11 is 0. The fourth-order valence-electron chi connectivity index (χ4n) is 2.43. The number of carboxylic acid groups (broad SMARTS) is 1. The van der Waals surface area contributed by atoms with Crippen LogP contribution in [-0.2, 0) is 4.74 Å². The predicted octanol–water partition coefficient (Wildman–Crippen LogP) is 4.37. The maximum atomic E-state index is 9.03. The molecule has 0 aromatic carbocycles. The molecule has 0 bridgehead atoms. The monoisotopic (exact) mass is 331 g/mol. The van der Waals surface area contributed by atoms with Crippen LogP contribution in [0.2, 0.25) is 0 Å². The van der Waals surface area contributed by atoms with Crippen LogP contribution in [0.4, 0.5) is 4.79 Å². The van der Waals surface area contributed by atoms with E-state index in [2.05, 4.69) is 32.8 Å². The molecule has 0 fully saturated rings. The Morgan fingerprint density at radius 2 is 1.09 bits per heavy atom. The van der Waals surface area contributed by atoms with E-state index in [0.29, 0.717) is 0 Å². The molecule has 0 aliphatic carbocycles. The number of hydrogen-bond donors (Lipinski definition) is 0. The molecule has 0 spiro atoms. The van der Waals surface area contributed by atoms with Crippen molar-refractivity contribution < 1.29 is 19.1 Å². The van der Waals surface area contributed by atoms with Crippen molar-refractivity contribution >= 4 is 6.16 Å². The second-order valence-corrected chi connectivity index (χ2v) is 7.36. The Morgan fingerprint density at radius 3 is 1.35 bits per heavy atom. The summed E-state index contributed by atoms with van der Waals surface area (Å²) in [5, 5.41) is 9.03. The normalized spacial score (nSPS) is 10.8. The van der Waals surface area contributed by atoms with Crippen LogP contribution in [0.3, 0.4) is 0 Å². The van der Waals surface area contributed by atoms with Gasteiger partial charge in [-0.15, -0.1) is 0 Å². The molecule has 0 aliphatic heterocycles. The molecule has 0 atom stereocenters. The van der Waals surface area contributed by atoms with Gasteiger partial charge in [0.05, 0.1) is 27.7 Å². The quantitative estimate of drug-likeness (QED) is 0.286. The minimum Gasteiger partial charge on any atom is -0.553 e. The number of quaternary nitrogens is 1. The fraction of sp³-hybridized carbons (Fsp3) is 0.947. The van der Waals surface area contributed by atoms with Crippen LogP contribution in [0.5, 0.6) is 0 Å². The van der Waals surface area contributed by atoms with Crippen molar-refractivity contribution in [2.75, 3.05) is 34.8 Å². The maximum absolute atomic E-state index is 9.03. The zero-order valence-corrected chi connectivity index (χ0v) is 16.4. The minimum absolute atomic E-state index is 1.04. The van der Waals surface area contributed by atoms with E-state index in [1.807, 2.05) is 0 Å². The Bertz CT molecular complexity index is 249. The topological polar surface area (TPSA) is 49.4 Å². The molecule has 0 saturated heterocycles. The van der Waals surface area contributed by atoms with Gasteiger partial charge in [-0.05, 0) is 12.8 Å². The molecule has 4 heteroatoms. The van der Waals surface area contributed by atoms with E-state index in [1.54, 1.807) is 0 Å². The first kappa shape index (κ1) is 24.5. The van der Waals surface area contributed by atoms with E-state index in [0.717, 1.165) is 11.6 Å². The summed E-state index contributed by atoms with van der Waals surface area (Å²) in [6, 6.07) is 0. The van der Waals surface area contributed by atoms with Crippen molar-refractivity contribution in [3.05, 3.63) is 0 Å². The number of carbonyl (C=O) groups excluding carboxylic acids is 1. The summed E-state index contributed by atoms with van der Waals surface area (Å²) < 4.78 is 4.68. The summed E-state index contributed by atoms with van der Waals surface area (Å²) in [4.78, 5) is 9.03. The van der Waals surface area contributed by atoms with Gasteiger partial charge in [0, 0.05) is 7.11 Å². The molecular weight excluding hydrogens is 290 g/mol. The molecule has 0 amide bonds. The van der Waals surface area contributed by atoms with E-state index >= 15 is 0 Å². The molecule has 0 radical (unpaired) electrons. The number of unbranched alkanes of at least 4 members (excludes halogenated alkanes) is 11. The van der Waals surface area contributed by atoms with Gasteiger partial charge in [-0.1, -0.05) is 71.1 Å². The lowest BCUT2D eigenvalue weighted by Gasteiger charge is -2.23. The summed E-state index contributed by atoms with van der Waals surface area (Å²) in [7, 11) is 7.91. The third-order valence-corrected chi connectivity index (χ3v) is 3.85. The molecule has 0 aromatic rings. The smallest absolute Gasteiger partial charge is 0.251 e. The number of ether oxygens (including phenoxy) is 1. The molecule has 140 valence electrons. The molecule has 4 nitrogen and oxygen atoms in total. The average molecular weight is 332 g/mol. The number of rotatable bonds is 13. The highest BCUT2D eigenvalue weighted by molar-refractivity contribution is 5.53. The lowest BCUT2D eigenvalue weighted by molar-refractivity contribution is -0.870. The van der Waals surface area contributed by atoms with Crippen molar-refractivity contribution in [3.8, 4) is 0 Å². The first-order chi connectivity index (χ1) is 10.8. The number of carbonyl (C=O) groups is 1. The van der Waals surface area contributed by atoms with Crippen LogP contribution in [0.25, 0.3) is 0 Å². The Kier molecular flexibility index (Phi) is 18.7. The summed E-state index contributed by atoms with van der Waals surface area (Å²) in [6.45, 7) is 3.62. The van der Waals surface area contributed by atoms with Gasteiger partial charge in [-0.25, -0.2) is 0 Å². The second-order valence-electron chi connectivity index (χ2n) is 7.36. The van der Waals surface area contributed by atoms with Gasteiger partial charge in [0.25, 0.3) is 6.16 Å². The number of hydrogen-bond acceptors (Lipinski definition) is 3. The molecule has 23 heavy (non-hydrogen) atoms. The van der Waals surface area contributed by atoms with Gasteiger partial charge >= 0.3 is 0 Å². The molecule has 0 saturated carbocycles. The second kappa shape index (κ2) is 17.6. The minimum atomic E-state index is -1.50. The van der Waals surface area contributed by atoms with Crippen molar-refractivity contribution in [3.63, 3.8) is 0 Å². The maximum Gasteiger partial charge on any atom is 0.251 e. The van der Waals surface area contributed by atoms with Gasteiger partial charge in [0.15, 0.2) is 0 Å². The summed E-state index contributed by atoms with van der Waals surface area (Å²) in [5.41, 5.74) is 0. The Labute approximate surface area is 144 Å². The third kappa shape index (κ3) is 29.8. The van der Waals surface area contributed by atoms with Crippen LogP contribution < -0.4 is 5.11 Å². The Hall–Kier alpha value is -0.770. The Balaban J connectivity index is 0. The first-order valence-electron chi connectivity index (χ1n) is 9.39. The van der Waals surface area contributed by atoms with Gasteiger partial charge in [0.2, 0.25) is 0 Å². The van der Waals surface area contributed by atoms with Crippen LogP contribution >= 0.6 is 0 Å². The average Bonchev–Trinajstić information content (AvgIpc) is 2.48. The van der Waals surface area contributed by atoms with Crippen molar-refractivity contribution in [2.24, 2.45) is 0 Å². The Morgan fingerprint density at radius 1 is 0.783 bits per heavy atom. The highest BCUT2D eigenvalue weighted by Crippen LogP contribution is 2.12. The lowest BCUT2D eigenvalue weighted by atomic mass is 10.1. The van der Waals surface area contributed by atoms with Crippen molar-refractivity contribution in [1.29, 1.82) is 0 Å². The highest BCUT2D eigenvalue weighted by Gasteiger charge is 2.04. The summed E-state index contributed by atoms with van der Waals surface area (Å²) in [6.07, 6.45) is 15.9. The van der Waals surface area contributed by atoms with E-state index in [9.17, 15) is 0 Å².